The molecule has 1 aliphatic rings. The third-order valence-electron chi connectivity index (χ3n) is 2.77. The van der Waals surface area contributed by atoms with Gasteiger partial charge in [0.25, 0.3) is 0 Å². The summed E-state index contributed by atoms with van der Waals surface area (Å²) in [6.45, 7) is 11.5. The molecule has 0 aromatic carbocycles. The number of rotatable bonds is 1. The molecule has 1 rings (SSSR count). The van der Waals surface area contributed by atoms with Crippen molar-refractivity contribution in [2.45, 2.75) is 58.7 Å². The molecule has 1 N–H and O–H groups in total. The van der Waals surface area contributed by atoms with E-state index in [1.807, 2.05) is 32.6 Å². The second-order valence-corrected chi connectivity index (χ2v) is 5.50. The predicted octanol–water partition coefficient (Wildman–Crippen LogP) is 1.99. The number of hydrogen-bond donors (Lipinski definition) is 1. The summed E-state index contributed by atoms with van der Waals surface area (Å²) in [5, 5.41) is 3.42. The molecular weight excluding hydrogens is 204 g/mol. The van der Waals surface area contributed by atoms with Gasteiger partial charge in [-0.15, -0.1) is 0 Å². The van der Waals surface area contributed by atoms with Gasteiger partial charge in [0.05, 0.1) is 0 Å². The molecule has 94 valence electrons. The summed E-state index contributed by atoms with van der Waals surface area (Å²) in [4.78, 5) is 13.8. The molecule has 0 unspecified atom stereocenters. The first-order chi connectivity index (χ1) is 7.33. The molecule has 0 bridgehead atoms. The second-order valence-electron chi connectivity index (χ2n) is 5.50. The molecule has 1 saturated heterocycles. The van der Waals surface area contributed by atoms with E-state index < -0.39 is 5.60 Å². The third kappa shape index (κ3) is 3.67. The molecule has 0 radical (unpaired) electrons. The molecule has 0 aromatic rings. The van der Waals surface area contributed by atoms with Crippen LogP contribution >= 0.6 is 0 Å². The third-order valence-corrected chi connectivity index (χ3v) is 2.77. The first kappa shape index (κ1) is 13.3. The van der Waals surface area contributed by atoms with Crippen molar-refractivity contribution >= 4 is 6.09 Å². The molecule has 4 nitrogen and oxygen atoms in total. The zero-order valence-corrected chi connectivity index (χ0v) is 11.0. The summed E-state index contributed by atoms with van der Waals surface area (Å²) in [6.07, 6.45) is 0.839. The minimum atomic E-state index is -0.413. The summed E-state index contributed by atoms with van der Waals surface area (Å²) in [5.41, 5.74) is -0.413. The van der Waals surface area contributed by atoms with Crippen LogP contribution in [-0.4, -0.2) is 41.8 Å². The van der Waals surface area contributed by atoms with Crippen molar-refractivity contribution in [2.75, 3.05) is 13.1 Å². The number of carbonyl (C=O) groups excluding carboxylic acids is 1. The SMILES string of the molecule is CC[C@H]1CN(C(=O)OC(C)(C)C)[C@@H](C)CN1. The second kappa shape index (κ2) is 5.04. The van der Waals surface area contributed by atoms with Crippen LogP contribution in [-0.2, 0) is 4.74 Å². The van der Waals surface area contributed by atoms with Gasteiger partial charge in [-0.2, -0.15) is 0 Å². The minimum Gasteiger partial charge on any atom is -0.444 e. The monoisotopic (exact) mass is 228 g/mol. The number of amides is 1. The fraction of sp³-hybridized carbons (Fsp3) is 0.917. The van der Waals surface area contributed by atoms with Crippen LogP contribution in [0.1, 0.15) is 41.0 Å². The average molecular weight is 228 g/mol. The van der Waals surface area contributed by atoms with Crippen molar-refractivity contribution < 1.29 is 9.53 Å². The fourth-order valence-corrected chi connectivity index (χ4v) is 1.78. The highest BCUT2D eigenvalue weighted by Crippen LogP contribution is 2.15. The van der Waals surface area contributed by atoms with Gasteiger partial charge in [0, 0.05) is 25.2 Å². The zero-order chi connectivity index (χ0) is 12.3. The molecule has 1 fully saturated rings. The summed E-state index contributed by atoms with van der Waals surface area (Å²) in [5.74, 6) is 0. The van der Waals surface area contributed by atoms with E-state index in [4.69, 9.17) is 4.74 Å². The molecular formula is C12H24N2O2. The van der Waals surface area contributed by atoms with Gasteiger partial charge in [-0.3, -0.25) is 0 Å². The molecule has 4 heteroatoms. The smallest absolute Gasteiger partial charge is 0.410 e. The Labute approximate surface area is 98.3 Å². The van der Waals surface area contributed by atoms with E-state index in [1.54, 1.807) is 0 Å². The molecule has 1 amide bonds. The van der Waals surface area contributed by atoms with E-state index in [0.29, 0.717) is 6.04 Å². The highest BCUT2D eigenvalue weighted by Gasteiger charge is 2.30. The largest absolute Gasteiger partial charge is 0.444 e. The van der Waals surface area contributed by atoms with E-state index in [0.717, 1.165) is 19.5 Å². The van der Waals surface area contributed by atoms with Crippen molar-refractivity contribution in [1.82, 2.24) is 10.2 Å². The fourth-order valence-electron chi connectivity index (χ4n) is 1.78. The molecule has 1 heterocycles. The van der Waals surface area contributed by atoms with Gasteiger partial charge < -0.3 is 15.0 Å². The van der Waals surface area contributed by atoms with Gasteiger partial charge in [-0.05, 0) is 34.1 Å². The van der Waals surface area contributed by atoms with Gasteiger partial charge in [0.2, 0.25) is 0 Å². The lowest BCUT2D eigenvalue weighted by Crippen LogP contribution is -2.57. The maximum Gasteiger partial charge on any atom is 0.410 e. The van der Waals surface area contributed by atoms with Gasteiger partial charge in [-0.1, -0.05) is 6.92 Å². The average Bonchev–Trinajstić information content (AvgIpc) is 2.15. The van der Waals surface area contributed by atoms with Crippen molar-refractivity contribution in [3.63, 3.8) is 0 Å². The Kier molecular flexibility index (Phi) is 4.19. The van der Waals surface area contributed by atoms with Gasteiger partial charge in [0.1, 0.15) is 5.60 Å². The van der Waals surface area contributed by atoms with Gasteiger partial charge in [0.15, 0.2) is 0 Å². The van der Waals surface area contributed by atoms with E-state index in [-0.39, 0.29) is 12.1 Å². The standard InChI is InChI=1S/C12H24N2O2/c1-6-10-8-14(9(2)7-13-10)11(15)16-12(3,4)5/h9-10,13H,6-8H2,1-5H3/t9-,10-/m0/s1. The van der Waals surface area contributed by atoms with Gasteiger partial charge in [-0.25, -0.2) is 4.79 Å². The lowest BCUT2D eigenvalue weighted by Gasteiger charge is -2.39. The van der Waals surface area contributed by atoms with Crippen LogP contribution in [0.4, 0.5) is 4.79 Å². The van der Waals surface area contributed by atoms with Crippen molar-refractivity contribution in [3.05, 3.63) is 0 Å². The van der Waals surface area contributed by atoms with Crippen LogP contribution in [0.2, 0.25) is 0 Å². The molecule has 1 aliphatic heterocycles. The van der Waals surface area contributed by atoms with E-state index in [2.05, 4.69) is 12.2 Å². The number of hydrogen-bond acceptors (Lipinski definition) is 3. The molecule has 0 spiro atoms. The maximum atomic E-state index is 12.0. The van der Waals surface area contributed by atoms with Crippen molar-refractivity contribution in [2.24, 2.45) is 0 Å². The number of ether oxygens (including phenoxy) is 1. The van der Waals surface area contributed by atoms with Gasteiger partial charge >= 0.3 is 6.09 Å². The number of nitrogens with one attached hydrogen (secondary N) is 1. The topological polar surface area (TPSA) is 41.6 Å². The first-order valence-corrected chi connectivity index (χ1v) is 6.06. The summed E-state index contributed by atoms with van der Waals surface area (Å²) in [7, 11) is 0. The maximum absolute atomic E-state index is 12.0. The molecule has 0 aliphatic carbocycles. The Bertz CT molecular complexity index is 248. The van der Waals surface area contributed by atoms with E-state index in [9.17, 15) is 4.79 Å². The highest BCUT2D eigenvalue weighted by molar-refractivity contribution is 5.68. The molecule has 16 heavy (non-hydrogen) atoms. The van der Waals surface area contributed by atoms with Crippen molar-refractivity contribution in [1.29, 1.82) is 0 Å². The highest BCUT2D eigenvalue weighted by atomic mass is 16.6. The molecule has 0 saturated carbocycles. The lowest BCUT2D eigenvalue weighted by molar-refractivity contribution is 0.00952. The Balaban J connectivity index is 2.59. The van der Waals surface area contributed by atoms with E-state index >= 15 is 0 Å². The molecule has 2 atom stereocenters. The van der Waals surface area contributed by atoms with Crippen molar-refractivity contribution in [3.8, 4) is 0 Å². The zero-order valence-electron chi connectivity index (χ0n) is 11.0. The number of nitrogens with zero attached hydrogens (tertiary/aromatic N) is 1. The Morgan fingerprint density at radius 2 is 2.12 bits per heavy atom. The van der Waals surface area contributed by atoms with Crippen LogP contribution in [0, 0.1) is 0 Å². The van der Waals surface area contributed by atoms with Crippen LogP contribution in [0.25, 0.3) is 0 Å². The Morgan fingerprint density at radius 1 is 1.50 bits per heavy atom. The summed E-state index contributed by atoms with van der Waals surface area (Å²) in [6, 6.07) is 0.598. The lowest BCUT2D eigenvalue weighted by atomic mass is 10.1. The first-order valence-electron chi connectivity index (χ1n) is 6.06. The predicted molar refractivity (Wildman–Crippen MR) is 64.5 cm³/mol. The molecule has 0 aromatic heterocycles. The normalized spacial score (nSPS) is 26.7. The Morgan fingerprint density at radius 3 is 2.62 bits per heavy atom. The minimum absolute atomic E-state index is 0.194. The number of carbonyl (C=O) groups is 1. The number of piperazine rings is 1. The van der Waals surface area contributed by atoms with Crippen LogP contribution in [0.5, 0.6) is 0 Å². The van der Waals surface area contributed by atoms with Crippen LogP contribution in [0.15, 0.2) is 0 Å². The summed E-state index contributed by atoms with van der Waals surface area (Å²) >= 11 is 0. The van der Waals surface area contributed by atoms with Crippen LogP contribution < -0.4 is 5.32 Å². The van der Waals surface area contributed by atoms with Crippen LogP contribution in [0.3, 0.4) is 0 Å². The van der Waals surface area contributed by atoms with E-state index in [1.165, 1.54) is 0 Å². The summed E-state index contributed by atoms with van der Waals surface area (Å²) < 4.78 is 5.40. The Hall–Kier alpha value is -0.770. The quantitative estimate of drug-likeness (QED) is 0.746.